The van der Waals surface area contributed by atoms with Crippen molar-refractivity contribution in [1.29, 1.82) is 0 Å². The molecule has 0 amide bonds. The number of methoxy groups -OCH3 is 1. The molecule has 10 atom stereocenters. The molecule has 0 aromatic heterocycles. The zero-order valence-corrected chi connectivity index (χ0v) is 38.0. The lowest BCUT2D eigenvalue weighted by Gasteiger charge is -2.47. The van der Waals surface area contributed by atoms with Crippen LogP contribution in [-0.2, 0) is 76.8 Å². The van der Waals surface area contributed by atoms with Crippen molar-refractivity contribution in [2.45, 2.75) is 102 Å². The molecule has 0 radical (unpaired) electrons. The van der Waals surface area contributed by atoms with Gasteiger partial charge in [0.05, 0.1) is 44.0 Å². The maximum atomic E-state index is 13.8. The Morgan fingerprint density at radius 2 is 1.15 bits per heavy atom. The second-order valence-corrected chi connectivity index (χ2v) is 17.4. The molecule has 3 saturated heterocycles. The van der Waals surface area contributed by atoms with E-state index in [0.29, 0.717) is 0 Å². The topological polar surface area (TPSA) is 148 Å². The summed E-state index contributed by atoms with van der Waals surface area (Å²) in [6.45, 7) is 5.73. The van der Waals surface area contributed by atoms with Crippen LogP contribution in [0, 0.1) is 5.41 Å². The maximum absolute atomic E-state index is 13.8. The molecular weight excluding hydrogens is 859 g/mol. The quantitative estimate of drug-likeness (QED) is 0.0503. The van der Waals surface area contributed by atoms with Gasteiger partial charge in [-0.2, -0.15) is 0 Å². The molecule has 352 valence electrons. The second kappa shape index (κ2) is 22.9. The Kier molecular flexibility index (Phi) is 16.3. The van der Waals surface area contributed by atoms with Gasteiger partial charge in [0.15, 0.2) is 24.4 Å². The van der Waals surface area contributed by atoms with Gasteiger partial charge in [-0.25, -0.2) is 4.79 Å². The molecule has 3 heterocycles. The number of ether oxygens (including phenoxy) is 10. The molecule has 8 rings (SSSR count). The van der Waals surface area contributed by atoms with Crippen LogP contribution in [0.5, 0.6) is 0 Å². The first kappa shape index (κ1) is 47.8. The molecule has 0 saturated carbocycles. The van der Waals surface area contributed by atoms with Crippen LogP contribution in [0.1, 0.15) is 59.7 Å². The molecule has 5 aromatic carbocycles. The number of hydrogen-bond acceptors (Lipinski definition) is 14. The maximum Gasteiger partial charge on any atom is 0.365 e. The van der Waals surface area contributed by atoms with Gasteiger partial charge in [0.2, 0.25) is 6.29 Å². The molecule has 5 aromatic rings. The molecule has 0 aliphatic carbocycles. The Balaban J connectivity index is 1.13. The van der Waals surface area contributed by atoms with E-state index in [1.807, 2.05) is 121 Å². The van der Waals surface area contributed by atoms with Gasteiger partial charge < -0.3 is 52.2 Å². The number of rotatable bonds is 17. The van der Waals surface area contributed by atoms with Crippen LogP contribution in [0.3, 0.4) is 0 Å². The lowest BCUT2D eigenvalue weighted by molar-refractivity contribution is -0.334. The number of esters is 1. The van der Waals surface area contributed by atoms with Crippen molar-refractivity contribution < 1.29 is 61.8 Å². The van der Waals surface area contributed by atoms with E-state index in [1.165, 1.54) is 7.11 Å². The largest absolute Gasteiger partial charge is 0.453 e. The monoisotopic (exact) mass is 915 g/mol. The molecule has 0 spiro atoms. The predicted octanol–water partition coefficient (Wildman–Crippen LogP) is 8.14. The van der Waals surface area contributed by atoms with Gasteiger partial charge in [0.25, 0.3) is 0 Å². The zero-order valence-electron chi connectivity index (χ0n) is 38.0. The van der Waals surface area contributed by atoms with Crippen LogP contribution in [0.2, 0.25) is 0 Å². The molecule has 0 N–H and O–H groups in total. The fraction of sp³-hybridized carbons (Fsp3) is 0.377. The predicted molar refractivity (Wildman–Crippen MR) is 244 cm³/mol. The Labute approximate surface area is 390 Å². The van der Waals surface area contributed by atoms with E-state index in [9.17, 15) is 9.59 Å². The van der Waals surface area contributed by atoms with Gasteiger partial charge in [0, 0.05) is 12.7 Å². The Bertz CT molecular complexity index is 2330. The van der Waals surface area contributed by atoms with E-state index in [1.54, 1.807) is 51.1 Å². The fourth-order valence-electron chi connectivity index (χ4n) is 7.86. The van der Waals surface area contributed by atoms with Crippen molar-refractivity contribution in [3.8, 4) is 0 Å². The minimum Gasteiger partial charge on any atom is -0.453 e. The summed E-state index contributed by atoms with van der Waals surface area (Å²) >= 11 is 0. The van der Waals surface area contributed by atoms with Gasteiger partial charge in [0.1, 0.15) is 36.6 Å². The molecule has 3 fully saturated rings. The van der Waals surface area contributed by atoms with E-state index in [4.69, 9.17) is 52.2 Å². The van der Waals surface area contributed by atoms with E-state index in [-0.39, 0.29) is 44.3 Å². The van der Waals surface area contributed by atoms with Gasteiger partial charge in [-0.15, -0.1) is 0 Å². The summed E-state index contributed by atoms with van der Waals surface area (Å²) in [7, 11) is 1.54. The molecule has 14 nitrogen and oxygen atoms in total. The average Bonchev–Trinajstić information content (AvgIpc) is 3.36. The summed E-state index contributed by atoms with van der Waals surface area (Å²) in [4.78, 5) is 32.8. The van der Waals surface area contributed by atoms with Crippen molar-refractivity contribution >= 4 is 17.7 Å². The van der Waals surface area contributed by atoms with Crippen LogP contribution in [0.25, 0.3) is 0 Å². The van der Waals surface area contributed by atoms with E-state index in [2.05, 4.69) is 5.16 Å². The molecule has 14 heteroatoms. The van der Waals surface area contributed by atoms with E-state index in [0.717, 1.165) is 22.3 Å². The number of oxime groups is 1. The highest BCUT2D eigenvalue weighted by atomic mass is 16.8. The summed E-state index contributed by atoms with van der Waals surface area (Å²) in [6.07, 6.45) is -9.40. The molecule has 3 aliphatic heterocycles. The number of hydrogen-bond donors (Lipinski definition) is 0. The van der Waals surface area contributed by atoms with Gasteiger partial charge in [-0.1, -0.05) is 145 Å². The molecule has 0 unspecified atom stereocenters. The van der Waals surface area contributed by atoms with Crippen molar-refractivity contribution in [3.05, 3.63) is 179 Å². The third kappa shape index (κ3) is 12.5. The molecule has 67 heavy (non-hydrogen) atoms. The number of benzene rings is 5. The van der Waals surface area contributed by atoms with Crippen LogP contribution in [-0.4, -0.2) is 93.3 Å². The Morgan fingerprint density at radius 3 is 1.70 bits per heavy atom. The molecule has 3 aliphatic rings. The third-order valence-corrected chi connectivity index (χ3v) is 11.4. The first-order valence-electron chi connectivity index (χ1n) is 22.4. The van der Waals surface area contributed by atoms with E-state index < -0.39 is 79.0 Å². The lowest BCUT2D eigenvalue weighted by Crippen LogP contribution is -2.64. The van der Waals surface area contributed by atoms with Gasteiger partial charge >= 0.3 is 11.9 Å². The standard InChI is InChI=1S/C53H57NO13/c1-53(2,3)52(56)66-45-42(54-67-48(55)38-26-16-8-17-27-38)50(63-41-34-61-49(65-44(41)45)39-28-18-9-19-29-39)62-33-40-43(58-30-35-20-10-5-11-21-35)46(59-31-36-22-12-6-13-23-36)47(51(57-4)64-40)60-32-37-24-14-7-15-25-37/h5-29,40-41,43-47,49-51H,30-34H2,1-4H3/b54-42-/t40-,41-,43-,44-,45-,46+,47-,49-,50-,51+/m1/s1. The van der Waals surface area contributed by atoms with Crippen LogP contribution in [0.15, 0.2) is 157 Å². The Hall–Kier alpha value is -5.65. The number of fused-ring (bicyclic) bond motifs is 1. The lowest BCUT2D eigenvalue weighted by atomic mass is 9.95. The highest BCUT2D eigenvalue weighted by Crippen LogP contribution is 2.37. The summed E-state index contributed by atoms with van der Waals surface area (Å²) in [5.41, 5.74) is 2.81. The van der Waals surface area contributed by atoms with Gasteiger partial charge in [-0.3, -0.25) is 4.79 Å². The van der Waals surface area contributed by atoms with Crippen molar-refractivity contribution in [2.24, 2.45) is 10.6 Å². The first-order chi connectivity index (χ1) is 32.6. The van der Waals surface area contributed by atoms with Crippen molar-refractivity contribution in [3.63, 3.8) is 0 Å². The smallest absolute Gasteiger partial charge is 0.365 e. The van der Waals surface area contributed by atoms with Crippen LogP contribution >= 0.6 is 0 Å². The highest BCUT2D eigenvalue weighted by Gasteiger charge is 2.54. The first-order valence-corrected chi connectivity index (χ1v) is 22.4. The second-order valence-electron chi connectivity index (χ2n) is 17.4. The summed E-state index contributed by atoms with van der Waals surface area (Å²) in [5, 5.41) is 4.36. The molecular formula is C53H57NO13. The minimum absolute atomic E-state index is 0.0368. The van der Waals surface area contributed by atoms with Crippen LogP contribution in [0.4, 0.5) is 0 Å². The normalized spacial score (nSPS) is 26.9. The highest BCUT2D eigenvalue weighted by molar-refractivity contribution is 5.96. The summed E-state index contributed by atoms with van der Waals surface area (Å²) in [5.74, 6) is -1.31. The number of carbonyl (C=O) groups excluding carboxylic acids is 2. The van der Waals surface area contributed by atoms with E-state index >= 15 is 0 Å². The van der Waals surface area contributed by atoms with Gasteiger partial charge in [-0.05, 0) is 49.6 Å². The summed E-state index contributed by atoms with van der Waals surface area (Å²) < 4.78 is 65.2. The van der Waals surface area contributed by atoms with Crippen LogP contribution < -0.4 is 0 Å². The number of carbonyl (C=O) groups is 2. The van der Waals surface area contributed by atoms with Crippen molar-refractivity contribution in [2.75, 3.05) is 20.3 Å². The zero-order chi connectivity index (χ0) is 46.6. The third-order valence-electron chi connectivity index (χ3n) is 11.4. The SMILES string of the molecule is CO[C@H]1O[C@H](CO[C@@H]2O[C@@H]3CO[C@@H](c4ccccc4)O[C@H]3[C@H](OC(=O)C(C)(C)C)/C2=N/OC(=O)c2ccccc2)[C@@H](OCc2ccccc2)[C@H](OCc2ccccc2)[C@H]1OCc1ccccc1. The Morgan fingerprint density at radius 1 is 0.627 bits per heavy atom. The minimum atomic E-state index is -1.38. The number of nitrogens with zero attached hydrogens (tertiary/aromatic N) is 1. The van der Waals surface area contributed by atoms with Crippen molar-refractivity contribution in [1.82, 2.24) is 0 Å². The average molecular weight is 916 g/mol. The fourth-order valence-corrected chi connectivity index (χ4v) is 7.86. The molecule has 0 bridgehead atoms. The summed E-state index contributed by atoms with van der Waals surface area (Å²) in [6, 6.07) is 47.1.